The first kappa shape index (κ1) is 12.7. The molecular formula is C9H11F3N4O2. The summed E-state index contributed by atoms with van der Waals surface area (Å²) in [5.74, 6) is -0.551. The smallest absolute Gasteiger partial charge is 0.411 e. The number of hydrogen-bond acceptors (Lipinski definition) is 5. The molecule has 1 aliphatic rings. The number of rotatable bonds is 2. The van der Waals surface area contributed by atoms with Crippen molar-refractivity contribution in [3.05, 3.63) is 5.82 Å². The van der Waals surface area contributed by atoms with Crippen molar-refractivity contribution in [1.82, 2.24) is 14.8 Å². The summed E-state index contributed by atoms with van der Waals surface area (Å²) < 4.78 is 43.4. The van der Waals surface area contributed by atoms with Gasteiger partial charge in [0.05, 0.1) is 7.11 Å². The topological polar surface area (TPSA) is 69.0 Å². The summed E-state index contributed by atoms with van der Waals surface area (Å²) in [6, 6.07) is -1.70. The second kappa shape index (κ2) is 4.46. The fraction of sp³-hybridized carbons (Fsp3) is 0.667. The number of alkyl halides is 3. The lowest BCUT2D eigenvalue weighted by Crippen LogP contribution is -2.34. The van der Waals surface area contributed by atoms with Gasteiger partial charge < -0.3 is 10.1 Å². The quantitative estimate of drug-likeness (QED) is 0.804. The van der Waals surface area contributed by atoms with Gasteiger partial charge in [-0.1, -0.05) is 0 Å². The largest absolute Gasteiger partial charge is 0.469 e. The molecule has 1 aromatic rings. The maximum atomic E-state index is 12.7. The third-order valence-corrected chi connectivity index (χ3v) is 2.58. The van der Waals surface area contributed by atoms with Gasteiger partial charge in [-0.3, -0.25) is 4.79 Å². The third-order valence-electron chi connectivity index (χ3n) is 2.58. The summed E-state index contributed by atoms with van der Waals surface area (Å²) in [5, 5.41) is 6.42. The van der Waals surface area contributed by atoms with Crippen LogP contribution in [-0.2, 0) is 16.0 Å². The van der Waals surface area contributed by atoms with Gasteiger partial charge in [0.25, 0.3) is 0 Å². The Morgan fingerprint density at radius 1 is 1.61 bits per heavy atom. The molecule has 0 aliphatic carbocycles. The highest BCUT2D eigenvalue weighted by atomic mass is 19.4. The number of nitrogens with zero attached hydrogens (tertiary/aromatic N) is 3. The number of halogens is 3. The maximum Gasteiger partial charge on any atom is 0.411 e. The van der Waals surface area contributed by atoms with Crippen molar-refractivity contribution in [2.75, 3.05) is 19.0 Å². The molecule has 0 spiro atoms. The summed E-state index contributed by atoms with van der Waals surface area (Å²) in [6.45, 7) is 0.167. The monoisotopic (exact) mass is 264 g/mol. The molecule has 1 N–H and O–H groups in total. The molecule has 18 heavy (non-hydrogen) atoms. The minimum atomic E-state index is -4.38. The van der Waals surface area contributed by atoms with Crippen LogP contribution >= 0.6 is 0 Å². The molecule has 2 rings (SSSR count). The van der Waals surface area contributed by atoms with E-state index in [1.54, 1.807) is 0 Å². The molecule has 1 atom stereocenters. The van der Waals surface area contributed by atoms with E-state index in [4.69, 9.17) is 0 Å². The van der Waals surface area contributed by atoms with Crippen LogP contribution in [0.2, 0.25) is 0 Å². The van der Waals surface area contributed by atoms with E-state index < -0.39 is 18.2 Å². The van der Waals surface area contributed by atoms with Gasteiger partial charge in [-0.15, -0.1) is 0 Å². The molecule has 0 fully saturated rings. The molecule has 1 aromatic heterocycles. The predicted molar refractivity (Wildman–Crippen MR) is 53.9 cm³/mol. The number of carbonyl (C=O) groups excluding carboxylic acids is 1. The zero-order valence-corrected chi connectivity index (χ0v) is 9.49. The van der Waals surface area contributed by atoms with Crippen molar-refractivity contribution in [3.8, 4) is 0 Å². The lowest BCUT2D eigenvalue weighted by atomic mass is 10.2. The lowest BCUT2D eigenvalue weighted by Gasteiger charge is -2.25. The van der Waals surface area contributed by atoms with Crippen LogP contribution in [0.3, 0.4) is 0 Å². The molecule has 9 heteroatoms. The highest BCUT2D eigenvalue weighted by Crippen LogP contribution is 2.36. The van der Waals surface area contributed by atoms with Crippen molar-refractivity contribution < 1.29 is 22.7 Å². The summed E-state index contributed by atoms with van der Waals surface area (Å²) in [4.78, 5) is 14.9. The Bertz CT molecular complexity index is 457. The number of aromatic nitrogens is 3. The summed E-state index contributed by atoms with van der Waals surface area (Å²) in [6.07, 6.45) is -4.74. The van der Waals surface area contributed by atoms with Crippen LogP contribution in [0.4, 0.5) is 19.1 Å². The molecule has 2 heterocycles. The van der Waals surface area contributed by atoms with Gasteiger partial charge in [0, 0.05) is 6.54 Å². The van der Waals surface area contributed by atoms with Crippen molar-refractivity contribution in [3.63, 3.8) is 0 Å². The fourth-order valence-corrected chi connectivity index (χ4v) is 1.73. The van der Waals surface area contributed by atoms with Gasteiger partial charge in [0.1, 0.15) is 6.42 Å². The van der Waals surface area contributed by atoms with E-state index in [-0.39, 0.29) is 31.2 Å². The first-order chi connectivity index (χ1) is 8.41. The SMILES string of the molecule is COC(=O)Cc1nc2n(n1)C(C(F)(F)F)CCN2. The number of fused-ring (bicyclic) bond motifs is 1. The summed E-state index contributed by atoms with van der Waals surface area (Å²) in [7, 11) is 1.19. The lowest BCUT2D eigenvalue weighted by molar-refractivity contribution is -0.171. The normalized spacial score (nSPS) is 19.0. The Kier molecular flexibility index (Phi) is 3.14. The van der Waals surface area contributed by atoms with Crippen LogP contribution in [0.25, 0.3) is 0 Å². The maximum absolute atomic E-state index is 12.7. The van der Waals surface area contributed by atoms with Crippen molar-refractivity contribution in [2.45, 2.75) is 25.1 Å². The Morgan fingerprint density at radius 3 is 2.94 bits per heavy atom. The van der Waals surface area contributed by atoms with E-state index in [1.807, 2.05) is 0 Å². The first-order valence-electron chi connectivity index (χ1n) is 5.24. The molecule has 0 saturated carbocycles. The molecule has 0 aromatic carbocycles. The predicted octanol–water partition coefficient (Wildman–Crippen LogP) is 0.913. The average Bonchev–Trinajstić information content (AvgIpc) is 2.68. The van der Waals surface area contributed by atoms with E-state index >= 15 is 0 Å². The number of hydrogen-bond donors (Lipinski definition) is 1. The molecule has 1 aliphatic heterocycles. The van der Waals surface area contributed by atoms with Gasteiger partial charge in [-0.25, -0.2) is 4.68 Å². The van der Waals surface area contributed by atoms with Gasteiger partial charge >= 0.3 is 12.1 Å². The van der Waals surface area contributed by atoms with Crippen LogP contribution in [0.1, 0.15) is 18.3 Å². The first-order valence-corrected chi connectivity index (χ1v) is 5.24. The van der Waals surface area contributed by atoms with Crippen LogP contribution in [-0.4, -0.2) is 40.6 Å². The molecule has 0 amide bonds. The van der Waals surface area contributed by atoms with Crippen molar-refractivity contribution in [1.29, 1.82) is 0 Å². The zero-order chi connectivity index (χ0) is 13.3. The number of esters is 1. The van der Waals surface area contributed by atoms with Gasteiger partial charge in [0.2, 0.25) is 5.95 Å². The number of carbonyl (C=O) groups is 1. The Balaban J connectivity index is 2.26. The molecule has 100 valence electrons. The number of nitrogens with one attached hydrogen (secondary N) is 1. The second-order valence-corrected chi connectivity index (χ2v) is 3.82. The average molecular weight is 264 g/mol. The molecule has 1 unspecified atom stereocenters. The van der Waals surface area contributed by atoms with E-state index in [9.17, 15) is 18.0 Å². The summed E-state index contributed by atoms with van der Waals surface area (Å²) >= 11 is 0. The Labute approximate surface area is 100 Å². The molecule has 0 bridgehead atoms. The molecular weight excluding hydrogens is 253 g/mol. The van der Waals surface area contributed by atoms with Crippen molar-refractivity contribution in [2.24, 2.45) is 0 Å². The minimum absolute atomic E-state index is 0.0144. The van der Waals surface area contributed by atoms with Crippen LogP contribution in [0, 0.1) is 0 Å². The van der Waals surface area contributed by atoms with Gasteiger partial charge in [-0.05, 0) is 6.42 Å². The fourth-order valence-electron chi connectivity index (χ4n) is 1.73. The second-order valence-electron chi connectivity index (χ2n) is 3.82. The van der Waals surface area contributed by atoms with Gasteiger partial charge in [0.15, 0.2) is 11.9 Å². The number of anilines is 1. The standard InChI is InChI=1S/C9H11F3N4O2/c1-18-7(17)4-6-14-8-13-3-2-5(9(10,11)12)16(8)15-6/h5H,2-4H2,1H3,(H,13,14,15). The van der Waals surface area contributed by atoms with Crippen LogP contribution in [0.15, 0.2) is 0 Å². The van der Waals surface area contributed by atoms with Crippen LogP contribution < -0.4 is 5.32 Å². The minimum Gasteiger partial charge on any atom is -0.469 e. The van der Waals surface area contributed by atoms with Crippen molar-refractivity contribution >= 4 is 11.9 Å². The molecule has 0 radical (unpaired) electrons. The summed E-state index contributed by atoms with van der Waals surface area (Å²) in [5.41, 5.74) is 0. The molecule has 6 nitrogen and oxygen atoms in total. The van der Waals surface area contributed by atoms with E-state index in [0.717, 1.165) is 4.68 Å². The zero-order valence-electron chi connectivity index (χ0n) is 9.49. The molecule has 0 saturated heterocycles. The third kappa shape index (κ3) is 2.39. The number of methoxy groups -OCH3 is 1. The highest BCUT2D eigenvalue weighted by molar-refractivity contribution is 5.71. The Hall–Kier alpha value is -1.80. The van der Waals surface area contributed by atoms with E-state index in [2.05, 4.69) is 20.1 Å². The van der Waals surface area contributed by atoms with Gasteiger partial charge in [-0.2, -0.15) is 23.3 Å². The van der Waals surface area contributed by atoms with Crippen LogP contribution in [0.5, 0.6) is 0 Å². The highest BCUT2D eigenvalue weighted by Gasteiger charge is 2.44. The van der Waals surface area contributed by atoms with E-state index in [1.165, 1.54) is 7.11 Å². The van der Waals surface area contributed by atoms with E-state index in [0.29, 0.717) is 0 Å². The number of ether oxygens (including phenoxy) is 1. The Morgan fingerprint density at radius 2 is 2.33 bits per heavy atom.